The molecule has 0 aliphatic heterocycles. The third kappa shape index (κ3) is 2.88. The molecule has 0 fully saturated rings. The van der Waals surface area contributed by atoms with Crippen molar-refractivity contribution in [3.05, 3.63) is 44.8 Å². The minimum atomic E-state index is -0.0665. The maximum absolute atomic E-state index is 12.1. The van der Waals surface area contributed by atoms with Crippen LogP contribution in [0.1, 0.15) is 24.1 Å². The normalized spacial score (nSPS) is 13.6. The van der Waals surface area contributed by atoms with Gasteiger partial charge in [0.05, 0.1) is 18.5 Å². The molecule has 1 aromatic carbocycles. The summed E-state index contributed by atoms with van der Waals surface area (Å²) >= 11 is 6.00. The Morgan fingerprint density at radius 1 is 1.33 bits per heavy atom. The number of nitrogens with one attached hydrogen (secondary N) is 2. The van der Waals surface area contributed by atoms with E-state index in [4.69, 9.17) is 16.3 Å². The van der Waals surface area contributed by atoms with E-state index in [1.165, 1.54) is 0 Å². The molecule has 1 aliphatic carbocycles. The number of aryl methyl sites for hydroxylation is 1. The van der Waals surface area contributed by atoms with Gasteiger partial charge in [-0.05, 0) is 43.9 Å². The second kappa shape index (κ2) is 5.77. The molecule has 0 saturated heterocycles. The highest BCUT2D eigenvalue weighted by molar-refractivity contribution is 6.30. The van der Waals surface area contributed by atoms with Crippen LogP contribution in [0.3, 0.4) is 0 Å². The van der Waals surface area contributed by atoms with Crippen molar-refractivity contribution < 1.29 is 4.74 Å². The molecule has 5 nitrogen and oxygen atoms in total. The number of aromatic nitrogens is 2. The fraction of sp³-hybridized carbons (Fsp3) is 0.333. The number of aromatic amines is 1. The zero-order valence-electron chi connectivity index (χ0n) is 11.7. The van der Waals surface area contributed by atoms with Crippen LogP contribution in [0.15, 0.2) is 23.0 Å². The first-order valence-corrected chi connectivity index (χ1v) is 7.28. The van der Waals surface area contributed by atoms with Gasteiger partial charge < -0.3 is 10.1 Å². The quantitative estimate of drug-likeness (QED) is 0.914. The second-order valence-corrected chi connectivity index (χ2v) is 5.45. The van der Waals surface area contributed by atoms with Crippen LogP contribution in [0.25, 0.3) is 0 Å². The zero-order chi connectivity index (χ0) is 14.8. The van der Waals surface area contributed by atoms with Crippen molar-refractivity contribution in [3.63, 3.8) is 0 Å². The van der Waals surface area contributed by atoms with Gasteiger partial charge in [-0.1, -0.05) is 11.6 Å². The van der Waals surface area contributed by atoms with Gasteiger partial charge >= 0.3 is 0 Å². The number of H-pyrrole nitrogens is 1. The predicted octanol–water partition coefficient (Wildman–Crippen LogP) is 3.05. The molecule has 0 amide bonds. The van der Waals surface area contributed by atoms with E-state index in [1.54, 1.807) is 25.3 Å². The van der Waals surface area contributed by atoms with Gasteiger partial charge in [0.2, 0.25) is 5.95 Å². The van der Waals surface area contributed by atoms with Crippen LogP contribution in [-0.2, 0) is 12.8 Å². The Balaban J connectivity index is 1.97. The van der Waals surface area contributed by atoms with Crippen molar-refractivity contribution in [1.82, 2.24) is 9.97 Å². The average molecular weight is 306 g/mol. The second-order valence-electron chi connectivity index (χ2n) is 5.02. The van der Waals surface area contributed by atoms with Crippen LogP contribution < -0.4 is 15.6 Å². The van der Waals surface area contributed by atoms with E-state index in [-0.39, 0.29) is 5.56 Å². The number of hydrogen-bond donors (Lipinski definition) is 2. The summed E-state index contributed by atoms with van der Waals surface area (Å²) in [5.74, 6) is 1.06. The lowest BCUT2D eigenvalue weighted by atomic mass is 9.97. The molecule has 2 N–H and O–H groups in total. The monoisotopic (exact) mass is 305 g/mol. The highest BCUT2D eigenvalue weighted by Gasteiger charge is 2.16. The fourth-order valence-electron chi connectivity index (χ4n) is 2.57. The van der Waals surface area contributed by atoms with Gasteiger partial charge in [0.25, 0.3) is 5.56 Å². The van der Waals surface area contributed by atoms with Crippen molar-refractivity contribution >= 4 is 23.2 Å². The fourth-order valence-corrected chi connectivity index (χ4v) is 2.74. The molecule has 0 bridgehead atoms. The summed E-state index contributed by atoms with van der Waals surface area (Å²) in [6.07, 6.45) is 3.77. The summed E-state index contributed by atoms with van der Waals surface area (Å²) in [5.41, 5.74) is 2.30. The average Bonchev–Trinajstić information content (AvgIpc) is 2.47. The molecule has 110 valence electrons. The smallest absolute Gasteiger partial charge is 0.255 e. The van der Waals surface area contributed by atoms with E-state index >= 15 is 0 Å². The summed E-state index contributed by atoms with van der Waals surface area (Å²) in [5, 5.41) is 3.66. The topological polar surface area (TPSA) is 67.0 Å². The standard InChI is InChI=1S/C15H16ClN3O2/c1-21-13-7-6-9(16)8-12(13)18-15-17-11-5-3-2-4-10(11)14(20)19-15/h6-8H,2-5H2,1H3,(H2,17,18,19,20). The molecule has 1 heterocycles. The first-order chi connectivity index (χ1) is 10.2. The third-order valence-electron chi connectivity index (χ3n) is 3.61. The van der Waals surface area contributed by atoms with Crippen LogP contribution in [0.2, 0.25) is 5.02 Å². The van der Waals surface area contributed by atoms with Gasteiger partial charge in [0.15, 0.2) is 0 Å². The van der Waals surface area contributed by atoms with E-state index in [9.17, 15) is 4.79 Å². The number of hydrogen-bond acceptors (Lipinski definition) is 4. The summed E-state index contributed by atoms with van der Waals surface area (Å²) in [4.78, 5) is 19.4. The summed E-state index contributed by atoms with van der Waals surface area (Å²) in [6, 6.07) is 5.25. The molecule has 0 unspecified atom stereocenters. The Labute approximate surface area is 127 Å². The van der Waals surface area contributed by atoms with E-state index in [2.05, 4.69) is 15.3 Å². The number of fused-ring (bicyclic) bond motifs is 1. The minimum absolute atomic E-state index is 0.0665. The van der Waals surface area contributed by atoms with Gasteiger partial charge in [-0.15, -0.1) is 0 Å². The van der Waals surface area contributed by atoms with Crippen molar-refractivity contribution in [2.75, 3.05) is 12.4 Å². The lowest BCUT2D eigenvalue weighted by Crippen LogP contribution is -2.22. The number of ether oxygens (including phenoxy) is 1. The number of anilines is 2. The van der Waals surface area contributed by atoms with Gasteiger partial charge in [0, 0.05) is 10.6 Å². The van der Waals surface area contributed by atoms with E-state index in [0.29, 0.717) is 22.4 Å². The summed E-state index contributed by atoms with van der Waals surface area (Å²) < 4.78 is 5.27. The van der Waals surface area contributed by atoms with E-state index in [1.807, 2.05) is 0 Å². The molecule has 1 aliphatic rings. The summed E-state index contributed by atoms with van der Waals surface area (Å²) in [7, 11) is 1.58. The van der Waals surface area contributed by atoms with Crippen molar-refractivity contribution in [2.45, 2.75) is 25.7 Å². The van der Waals surface area contributed by atoms with Crippen molar-refractivity contribution in [1.29, 1.82) is 0 Å². The predicted molar refractivity (Wildman–Crippen MR) is 82.8 cm³/mol. The van der Waals surface area contributed by atoms with Gasteiger partial charge in [-0.3, -0.25) is 9.78 Å². The Morgan fingerprint density at radius 3 is 2.95 bits per heavy atom. The Bertz CT molecular complexity index is 727. The number of rotatable bonds is 3. The maximum atomic E-state index is 12.1. The number of nitrogens with zero attached hydrogens (tertiary/aromatic N) is 1. The molecule has 2 aromatic rings. The summed E-state index contributed by atoms with van der Waals surface area (Å²) in [6.45, 7) is 0. The van der Waals surface area contributed by atoms with E-state index in [0.717, 1.165) is 36.9 Å². The molecule has 0 saturated carbocycles. The SMILES string of the molecule is COc1ccc(Cl)cc1Nc1nc2c(c(=O)[nH]1)CCCC2. The van der Waals surface area contributed by atoms with Crippen LogP contribution in [0, 0.1) is 0 Å². The first kappa shape index (κ1) is 13.9. The Morgan fingerprint density at radius 2 is 2.14 bits per heavy atom. The van der Waals surface area contributed by atoms with Gasteiger partial charge in [-0.25, -0.2) is 4.98 Å². The molecule has 6 heteroatoms. The molecule has 0 radical (unpaired) electrons. The van der Waals surface area contributed by atoms with E-state index < -0.39 is 0 Å². The zero-order valence-corrected chi connectivity index (χ0v) is 12.5. The highest BCUT2D eigenvalue weighted by atomic mass is 35.5. The van der Waals surface area contributed by atoms with Crippen LogP contribution >= 0.6 is 11.6 Å². The van der Waals surface area contributed by atoms with Gasteiger partial charge in [0.1, 0.15) is 5.75 Å². The highest BCUT2D eigenvalue weighted by Crippen LogP contribution is 2.29. The van der Waals surface area contributed by atoms with Crippen LogP contribution in [-0.4, -0.2) is 17.1 Å². The lowest BCUT2D eigenvalue weighted by Gasteiger charge is -2.16. The molecule has 0 spiro atoms. The largest absolute Gasteiger partial charge is 0.495 e. The molecule has 1 aromatic heterocycles. The van der Waals surface area contributed by atoms with Crippen molar-refractivity contribution in [3.8, 4) is 5.75 Å². The molecular weight excluding hydrogens is 290 g/mol. The Kier molecular flexibility index (Phi) is 3.84. The van der Waals surface area contributed by atoms with Crippen LogP contribution in [0.4, 0.5) is 11.6 Å². The molecule has 3 rings (SSSR count). The van der Waals surface area contributed by atoms with Crippen LogP contribution in [0.5, 0.6) is 5.75 Å². The maximum Gasteiger partial charge on any atom is 0.255 e. The molecule has 0 atom stereocenters. The third-order valence-corrected chi connectivity index (χ3v) is 3.84. The first-order valence-electron chi connectivity index (χ1n) is 6.90. The Hall–Kier alpha value is -2.01. The van der Waals surface area contributed by atoms with Gasteiger partial charge in [-0.2, -0.15) is 0 Å². The molecular formula is C15H16ClN3O2. The molecule has 21 heavy (non-hydrogen) atoms. The number of halogens is 1. The lowest BCUT2D eigenvalue weighted by molar-refractivity contribution is 0.417. The number of methoxy groups -OCH3 is 1. The number of benzene rings is 1. The van der Waals surface area contributed by atoms with Crippen molar-refractivity contribution in [2.24, 2.45) is 0 Å². The minimum Gasteiger partial charge on any atom is -0.495 e.